The highest BCUT2D eigenvalue weighted by Crippen LogP contribution is 2.20. The summed E-state index contributed by atoms with van der Waals surface area (Å²) in [6, 6.07) is 5.70. The van der Waals surface area contributed by atoms with Gasteiger partial charge in [0.1, 0.15) is 0 Å². The summed E-state index contributed by atoms with van der Waals surface area (Å²) < 4.78 is 2.52. The highest BCUT2D eigenvalue weighted by atomic mass is 79.9. The molecule has 1 aromatic heterocycles. The number of carbonyl (C=O) groups is 1. The maximum absolute atomic E-state index is 12.2. The Kier molecular flexibility index (Phi) is 2.92. The largest absolute Gasteiger partial charge is 0.331 e. The molecule has 0 saturated carbocycles. The predicted molar refractivity (Wildman–Crippen MR) is 65.5 cm³/mol. The molecule has 0 saturated heterocycles. The number of nitrogens with zero attached hydrogens (tertiary/aromatic N) is 2. The van der Waals surface area contributed by atoms with E-state index in [1.165, 1.54) is 0 Å². The fourth-order valence-electron chi connectivity index (χ4n) is 1.52. The van der Waals surface area contributed by atoms with Crippen LogP contribution in [0.5, 0.6) is 0 Å². The molecule has 3 nitrogen and oxygen atoms in total. The molecule has 0 atom stereocenters. The number of rotatable bonds is 2. The zero-order chi connectivity index (χ0) is 11.7. The minimum absolute atomic E-state index is 0.0666. The summed E-state index contributed by atoms with van der Waals surface area (Å²) >= 11 is 3.38. The lowest BCUT2D eigenvalue weighted by molar-refractivity contribution is 0.102. The zero-order valence-electron chi connectivity index (χ0n) is 9.07. The SMILES string of the molecule is Cc1ccc(Br)c(C(=O)c2nccn2C)c1. The van der Waals surface area contributed by atoms with E-state index in [4.69, 9.17) is 0 Å². The molecular formula is C12H11BrN2O. The van der Waals surface area contributed by atoms with Crippen LogP contribution in [0.4, 0.5) is 0 Å². The normalized spacial score (nSPS) is 10.4. The average Bonchev–Trinajstić information content (AvgIpc) is 2.67. The number of imidazole rings is 1. The van der Waals surface area contributed by atoms with E-state index in [2.05, 4.69) is 20.9 Å². The van der Waals surface area contributed by atoms with Crippen molar-refractivity contribution in [2.75, 3.05) is 0 Å². The van der Waals surface area contributed by atoms with Crippen molar-refractivity contribution in [2.24, 2.45) is 7.05 Å². The molecule has 2 aromatic rings. The van der Waals surface area contributed by atoms with Gasteiger partial charge in [0.2, 0.25) is 5.78 Å². The van der Waals surface area contributed by atoms with Crippen molar-refractivity contribution >= 4 is 21.7 Å². The highest BCUT2D eigenvalue weighted by Gasteiger charge is 2.16. The van der Waals surface area contributed by atoms with Crippen molar-refractivity contribution in [1.29, 1.82) is 0 Å². The van der Waals surface area contributed by atoms with Gasteiger partial charge in [0.05, 0.1) is 0 Å². The lowest BCUT2D eigenvalue weighted by Crippen LogP contribution is -2.09. The van der Waals surface area contributed by atoms with Gasteiger partial charge >= 0.3 is 0 Å². The molecule has 2 rings (SSSR count). The molecule has 0 amide bonds. The van der Waals surface area contributed by atoms with Crippen molar-refractivity contribution in [2.45, 2.75) is 6.92 Å². The second-order valence-corrected chi connectivity index (χ2v) is 4.53. The minimum atomic E-state index is -0.0666. The Balaban J connectivity index is 2.49. The molecule has 4 heteroatoms. The van der Waals surface area contributed by atoms with Gasteiger partial charge in [-0.15, -0.1) is 0 Å². The standard InChI is InChI=1S/C12H11BrN2O/c1-8-3-4-10(13)9(7-8)11(16)12-14-5-6-15(12)2/h3-7H,1-2H3. The van der Waals surface area contributed by atoms with Crippen LogP contribution in [0.15, 0.2) is 35.1 Å². The van der Waals surface area contributed by atoms with E-state index in [0.717, 1.165) is 10.0 Å². The van der Waals surface area contributed by atoms with E-state index < -0.39 is 0 Å². The van der Waals surface area contributed by atoms with Crippen LogP contribution < -0.4 is 0 Å². The molecule has 0 spiro atoms. The average molecular weight is 279 g/mol. The molecule has 0 bridgehead atoms. The third-order valence-corrected chi connectivity index (χ3v) is 3.08. The quantitative estimate of drug-likeness (QED) is 0.792. The maximum atomic E-state index is 12.2. The van der Waals surface area contributed by atoms with E-state index in [1.54, 1.807) is 17.0 Å². The smallest absolute Gasteiger partial charge is 0.229 e. The number of aromatic nitrogens is 2. The monoisotopic (exact) mass is 278 g/mol. The lowest BCUT2D eigenvalue weighted by Gasteiger charge is -2.04. The molecule has 0 N–H and O–H groups in total. The summed E-state index contributed by atoms with van der Waals surface area (Å²) in [5, 5.41) is 0. The zero-order valence-corrected chi connectivity index (χ0v) is 10.7. The molecule has 0 aliphatic rings. The van der Waals surface area contributed by atoms with Crippen LogP contribution in [0, 0.1) is 6.92 Å². The van der Waals surface area contributed by atoms with Gasteiger partial charge in [-0.2, -0.15) is 0 Å². The minimum Gasteiger partial charge on any atom is -0.331 e. The van der Waals surface area contributed by atoms with Crippen LogP contribution >= 0.6 is 15.9 Å². The molecule has 82 valence electrons. The Morgan fingerprint density at radius 3 is 2.81 bits per heavy atom. The molecule has 1 aromatic carbocycles. The number of ketones is 1. The lowest BCUT2D eigenvalue weighted by atomic mass is 10.1. The summed E-state index contributed by atoms with van der Waals surface area (Å²) in [7, 11) is 1.81. The summed E-state index contributed by atoms with van der Waals surface area (Å²) in [5.41, 5.74) is 1.70. The van der Waals surface area contributed by atoms with Crippen LogP contribution in [-0.2, 0) is 7.05 Å². The fourth-order valence-corrected chi connectivity index (χ4v) is 1.94. The summed E-state index contributed by atoms with van der Waals surface area (Å²) in [6.45, 7) is 1.96. The van der Waals surface area contributed by atoms with Crippen LogP contribution in [-0.4, -0.2) is 15.3 Å². The van der Waals surface area contributed by atoms with E-state index in [0.29, 0.717) is 11.4 Å². The van der Waals surface area contributed by atoms with Gasteiger partial charge in [0.25, 0.3) is 0 Å². The first-order chi connectivity index (χ1) is 7.59. The van der Waals surface area contributed by atoms with Crippen molar-refractivity contribution < 1.29 is 4.79 Å². The number of hydrogen-bond donors (Lipinski definition) is 0. The van der Waals surface area contributed by atoms with Crippen LogP contribution in [0.2, 0.25) is 0 Å². The Morgan fingerprint density at radius 1 is 1.44 bits per heavy atom. The summed E-state index contributed by atoms with van der Waals surface area (Å²) in [6.07, 6.45) is 3.38. The van der Waals surface area contributed by atoms with Gasteiger partial charge in [0, 0.05) is 29.5 Å². The van der Waals surface area contributed by atoms with Crippen molar-refractivity contribution in [3.05, 3.63) is 52.0 Å². The number of aryl methyl sites for hydroxylation is 2. The Bertz CT molecular complexity index is 546. The first kappa shape index (κ1) is 11.1. The van der Waals surface area contributed by atoms with E-state index in [-0.39, 0.29) is 5.78 Å². The number of hydrogen-bond acceptors (Lipinski definition) is 2. The second-order valence-electron chi connectivity index (χ2n) is 3.67. The Morgan fingerprint density at radius 2 is 2.19 bits per heavy atom. The summed E-state index contributed by atoms with van der Waals surface area (Å²) in [4.78, 5) is 16.2. The fraction of sp³-hybridized carbons (Fsp3) is 0.167. The molecule has 0 aliphatic carbocycles. The number of benzene rings is 1. The predicted octanol–water partition coefficient (Wildman–Crippen LogP) is 2.72. The van der Waals surface area contributed by atoms with Crippen LogP contribution in [0.1, 0.15) is 21.7 Å². The second kappa shape index (κ2) is 4.22. The van der Waals surface area contributed by atoms with Crippen molar-refractivity contribution in [1.82, 2.24) is 9.55 Å². The first-order valence-corrected chi connectivity index (χ1v) is 5.67. The molecule has 0 aliphatic heterocycles. The first-order valence-electron chi connectivity index (χ1n) is 4.88. The molecule has 0 radical (unpaired) electrons. The van der Waals surface area contributed by atoms with E-state index in [9.17, 15) is 4.79 Å². The van der Waals surface area contributed by atoms with Gasteiger partial charge in [0.15, 0.2) is 5.82 Å². The number of carbonyl (C=O) groups excluding carboxylic acids is 1. The topological polar surface area (TPSA) is 34.9 Å². The van der Waals surface area contributed by atoms with E-state index in [1.807, 2.05) is 32.2 Å². The third-order valence-electron chi connectivity index (χ3n) is 2.39. The van der Waals surface area contributed by atoms with Gasteiger partial charge in [-0.3, -0.25) is 4.79 Å². The molecule has 16 heavy (non-hydrogen) atoms. The molecule has 0 fully saturated rings. The van der Waals surface area contributed by atoms with Crippen LogP contribution in [0.25, 0.3) is 0 Å². The van der Waals surface area contributed by atoms with Gasteiger partial charge in [-0.05, 0) is 19.1 Å². The highest BCUT2D eigenvalue weighted by molar-refractivity contribution is 9.10. The number of halogens is 1. The van der Waals surface area contributed by atoms with E-state index >= 15 is 0 Å². The van der Waals surface area contributed by atoms with Crippen LogP contribution in [0.3, 0.4) is 0 Å². The van der Waals surface area contributed by atoms with Gasteiger partial charge < -0.3 is 4.57 Å². The van der Waals surface area contributed by atoms with Crippen molar-refractivity contribution in [3.8, 4) is 0 Å². The molecule has 1 heterocycles. The van der Waals surface area contributed by atoms with Gasteiger partial charge in [-0.25, -0.2) is 4.98 Å². The Hall–Kier alpha value is -1.42. The molecular weight excluding hydrogens is 268 g/mol. The third kappa shape index (κ3) is 1.93. The van der Waals surface area contributed by atoms with Crippen molar-refractivity contribution in [3.63, 3.8) is 0 Å². The summed E-state index contributed by atoms with van der Waals surface area (Å²) in [5.74, 6) is 0.384. The maximum Gasteiger partial charge on any atom is 0.229 e. The molecule has 0 unspecified atom stereocenters. The van der Waals surface area contributed by atoms with Gasteiger partial charge in [-0.1, -0.05) is 27.6 Å². The Labute approximate surface area is 102 Å².